The summed E-state index contributed by atoms with van der Waals surface area (Å²) in [5.74, 6) is -0.668. The van der Waals surface area contributed by atoms with E-state index in [-0.39, 0.29) is 11.8 Å². The molecule has 0 aromatic carbocycles. The maximum Gasteiger partial charge on any atom is 0.307 e. The molecule has 0 aromatic heterocycles. The fourth-order valence-corrected chi connectivity index (χ4v) is 3.35. The molecule has 2 aliphatic rings. The lowest BCUT2D eigenvalue weighted by Gasteiger charge is -2.34. The number of amides is 1. The number of likely N-dealkylation sites (tertiary alicyclic amines) is 1. The summed E-state index contributed by atoms with van der Waals surface area (Å²) in [6, 6.07) is 0. The van der Waals surface area contributed by atoms with Gasteiger partial charge in [-0.15, -0.1) is 0 Å². The second kappa shape index (κ2) is 5.72. The number of carbonyl (C=O) groups is 2. The third-order valence-corrected chi connectivity index (χ3v) is 4.65. The largest absolute Gasteiger partial charge is 0.481 e. The van der Waals surface area contributed by atoms with Gasteiger partial charge in [0.05, 0.1) is 11.8 Å². The average Bonchev–Trinajstić information content (AvgIpc) is 2.87. The van der Waals surface area contributed by atoms with Gasteiger partial charge >= 0.3 is 5.97 Å². The quantitative estimate of drug-likeness (QED) is 0.838. The van der Waals surface area contributed by atoms with Crippen LogP contribution in [0.1, 0.15) is 45.4 Å². The highest BCUT2D eigenvalue weighted by Gasteiger charge is 2.40. The summed E-state index contributed by atoms with van der Waals surface area (Å²) >= 11 is 0. The summed E-state index contributed by atoms with van der Waals surface area (Å²) in [4.78, 5) is 25.4. The van der Waals surface area contributed by atoms with Gasteiger partial charge in [-0.3, -0.25) is 9.59 Å². The van der Waals surface area contributed by atoms with Crippen molar-refractivity contribution in [3.8, 4) is 0 Å². The number of carboxylic acids is 1. The first-order chi connectivity index (χ1) is 8.63. The molecule has 0 aromatic rings. The smallest absolute Gasteiger partial charge is 0.307 e. The fraction of sp³-hybridized carbons (Fsp3) is 0.857. The molecule has 1 aliphatic carbocycles. The minimum Gasteiger partial charge on any atom is -0.481 e. The standard InChI is InChI=1S/C14H23NO3/c1-2-10-6-8-15(9-7-10)13(16)11-4-3-5-12(11)14(17)18/h10-12H,2-9H2,1H3,(H,17,18)/t11-,12+/m1/s1. The first kappa shape index (κ1) is 13.4. The third kappa shape index (κ3) is 2.68. The van der Waals surface area contributed by atoms with Crippen LogP contribution < -0.4 is 0 Å². The zero-order valence-corrected chi connectivity index (χ0v) is 11.1. The lowest BCUT2D eigenvalue weighted by molar-refractivity contribution is -0.149. The molecule has 1 amide bonds. The fourth-order valence-electron chi connectivity index (χ4n) is 3.35. The van der Waals surface area contributed by atoms with E-state index in [1.54, 1.807) is 0 Å². The van der Waals surface area contributed by atoms with Crippen LogP contribution in [0.4, 0.5) is 0 Å². The van der Waals surface area contributed by atoms with E-state index < -0.39 is 11.9 Å². The molecule has 4 heteroatoms. The van der Waals surface area contributed by atoms with Gasteiger partial charge in [-0.1, -0.05) is 19.8 Å². The first-order valence-corrected chi connectivity index (χ1v) is 7.15. The molecule has 18 heavy (non-hydrogen) atoms. The Labute approximate surface area is 108 Å². The lowest BCUT2D eigenvalue weighted by atomic mass is 9.91. The molecule has 2 rings (SSSR count). The molecule has 1 N–H and O–H groups in total. The van der Waals surface area contributed by atoms with Crippen molar-refractivity contribution in [1.29, 1.82) is 0 Å². The zero-order valence-electron chi connectivity index (χ0n) is 11.1. The Morgan fingerprint density at radius 3 is 2.28 bits per heavy atom. The van der Waals surface area contributed by atoms with Crippen LogP contribution in [0, 0.1) is 17.8 Å². The van der Waals surface area contributed by atoms with Gasteiger partial charge in [-0.05, 0) is 31.6 Å². The molecule has 2 atom stereocenters. The van der Waals surface area contributed by atoms with E-state index in [0.717, 1.165) is 44.7 Å². The minimum atomic E-state index is -0.797. The minimum absolute atomic E-state index is 0.0921. The van der Waals surface area contributed by atoms with Crippen molar-refractivity contribution in [2.45, 2.75) is 45.4 Å². The van der Waals surface area contributed by atoms with Crippen LogP contribution in [0.2, 0.25) is 0 Å². The number of hydrogen-bond acceptors (Lipinski definition) is 2. The molecule has 1 saturated heterocycles. The predicted octanol–water partition coefficient (Wildman–Crippen LogP) is 2.14. The van der Waals surface area contributed by atoms with Crippen molar-refractivity contribution >= 4 is 11.9 Å². The number of rotatable bonds is 3. The van der Waals surface area contributed by atoms with Crippen LogP contribution in [0.15, 0.2) is 0 Å². The summed E-state index contributed by atoms with van der Waals surface area (Å²) in [6.45, 7) is 3.83. The molecule has 102 valence electrons. The van der Waals surface area contributed by atoms with Crippen LogP contribution >= 0.6 is 0 Å². The topological polar surface area (TPSA) is 57.6 Å². The Hall–Kier alpha value is -1.06. The zero-order chi connectivity index (χ0) is 13.1. The van der Waals surface area contributed by atoms with Crippen LogP contribution in [-0.4, -0.2) is 35.0 Å². The Kier molecular flexibility index (Phi) is 4.25. The van der Waals surface area contributed by atoms with Crippen molar-refractivity contribution in [1.82, 2.24) is 4.90 Å². The van der Waals surface area contributed by atoms with Crippen molar-refractivity contribution < 1.29 is 14.7 Å². The van der Waals surface area contributed by atoms with Gasteiger partial charge in [-0.2, -0.15) is 0 Å². The highest BCUT2D eigenvalue weighted by Crippen LogP contribution is 2.34. The maximum absolute atomic E-state index is 12.4. The number of carbonyl (C=O) groups excluding carboxylic acids is 1. The van der Waals surface area contributed by atoms with E-state index in [4.69, 9.17) is 5.11 Å². The number of hydrogen-bond donors (Lipinski definition) is 1. The van der Waals surface area contributed by atoms with Gasteiger partial charge in [0.2, 0.25) is 5.91 Å². The molecule has 1 saturated carbocycles. The summed E-state index contributed by atoms with van der Waals surface area (Å²) < 4.78 is 0. The van der Waals surface area contributed by atoms with Crippen LogP contribution in [0.25, 0.3) is 0 Å². The lowest BCUT2D eigenvalue weighted by Crippen LogP contribution is -2.43. The second-order valence-corrected chi connectivity index (χ2v) is 5.66. The summed E-state index contributed by atoms with van der Waals surface area (Å²) in [5.41, 5.74) is 0. The normalized spacial score (nSPS) is 29.5. The third-order valence-electron chi connectivity index (χ3n) is 4.65. The Morgan fingerprint density at radius 1 is 1.11 bits per heavy atom. The predicted molar refractivity (Wildman–Crippen MR) is 68.1 cm³/mol. The Balaban J connectivity index is 1.93. The van der Waals surface area contributed by atoms with Gasteiger partial charge in [0.15, 0.2) is 0 Å². The summed E-state index contributed by atoms with van der Waals surface area (Å²) in [5, 5.41) is 9.14. The summed E-state index contributed by atoms with van der Waals surface area (Å²) in [7, 11) is 0. The highest BCUT2D eigenvalue weighted by atomic mass is 16.4. The number of nitrogens with zero attached hydrogens (tertiary/aromatic N) is 1. The molecular formula is C14H23NO3. The number of piperidine rings is 1. The number of aliphatic carboxylic acids is 1. The van der Waals surface area contributed by atoms with Gasteiger partial charge in [0.1, 0.15) is 0 Å². The van der Waals surface area contributed by atoms with E-state index in [0.29, 0.717) is 6.42 Å². The second-order valence-electron chi connectivity index (χ2n) is 5.66. The van der Waals surface area contributed by atoms with Gasteiger partial charge < -0.3 is 10.0 Å². The van der Waals surface area contributed by atoms with E-state index in [1.165, 1.54) is 6.42 Å². The molecular weight excluding hydrogens is 230 g/mol. The average molecular weight is 253 g/mol. The molecule has 0 unspecified atom stereocenters. The van der Waals surface area contributed by atoms with Crippen molar-refractivity contribution in [3.63, 3.8) is 0 Å². The highest BCUT2D eigenvalue weighted by molar-refractivity contribution is 5.85. The summed E-state index contributed by atoms with van der Waals surface area (Å²) in [6.07, 6.45) is 5.63. The molecule has 0 spiro atoms. The molecule has 1 heterocycles. The Morgan fingerprint density at radius 2 is 1.72 bits per heavy atom. The molecule has 4 nitrogen and oxygen atoms in total. The SMILES string of the molecule is CCC1CCN(C(=O)[C@@H]2CCC[C@@H]2C(=O)O)CC1. The van der Waals surface area contributed by atoms with Gasteiger partial charge in [-0.25, -0.2) is 0 Å². The van der Waals surface area contributed by atoms with Gasteiger partial charge in [0, 0.05) is 13.1 Å². The van der Waals surface area contributed by atoms with Crippen molar-refractivity contribution in [3.05, 3.63) is 0 Å². The number of carboxylic acid groups (broad SMARTS) is 1. The first-order valence-electron chi connectivity index (χ1n) is 7.15. The van der Waals surface area contributed by atoms with E-state index in [2.05, 4.69) is 6.92 Å². The monoisotopic (exact) mass is 253 g/mol. The molecule has 0 bridgehead atoms. The van der Waals surface area contributed by atoms with E-state index in [1.807, 2.05) is 4.90 Å². The van der Waals surface area contributed by atoms with Crippen LogP contribution in [-0.2, 0) is 9.59 Å². The van der Waals surface area contributed by atoms with Crippen LogP contribution in [0.5, 0.6) is 0 Å². The Bertz CT molecular complexity index is 321. The molecule has 2 fully saturated rings. The molecule has 0 radical (unpaired) electrons. The van der Waals surface area contributed by atoms with E-state index in [9.17, 15) is 9.59 Å². The van der Waals surface area contributed by atoms with Crippen LogP contribution in [0.3, 0.4) is 0 Å². The van der Waals surface area contributed by atoms with Gasteiger partial charge in [0.25, 0.3) is 0 Å². The van der Waals surface area contributed by atoms with E-state index >= 15 is 0 Å². The van der Waals surface area contributed by atoms with Crippen molar-refractivity contribution in [2.75, 3.05) is 13.1 Å². The molecule has 1 aliphatic heterocycles. The maximum atomic E-state index is 12.4. The van der Waals surface area contributed by atoms with Crippen molar-refractivity contribution in [2.24, 2.45) is 17.8 Å².